The van der Waals surface area contributed by atoms with Gasteiger partial charge in [0.2, 0.25) is 0 Å². The van der Waals surface area contributed by atoms with Gasteiger partial charge in [-0.1, -0.05) is 24.3 Å². The number of carboxylic acid groups (broad SMARTS) is 1. The molecule has 22 heavy (non-hydrogen) atoms. The van der Waals surface area contributed by atoms with E-state index in [-0.39, 0.29) is 5.75 Å². The fourth-order valence-electron chi connectivity index (χ4n) is 2.38. The molecule has 0 amide bonds. The Labute approximate surface area is 130 Å². The summed E-state index contributed by atoms with van der Waals surface area (Å²) in [5.74, 6) is -0.628. The second kappa shape index (κ2) is 7.09. The molecule has 1 atom stereocenters. The van der Waals surface area contributed by atoms with Gasteiger partial charge in [0.1, 0.15) is 5.75 Å². The Morgan fingerprint density at radius 1 is 1.14 bits per heavy atom. The largest absolute Gasteiger partial charge is 0.508 e. The Bertz CT molecular complexity index is 637. The molecule has 4 heteroatoms. The Hall–Kier alpha value is -2.33. The van der Waals surface area contributed by atoms with Gasteiger partial charge in [0.05, 0.1) is 5.56 Å². The number of benzene rings is 2. The van der Waals surface area contributed by atoms with Gasteiger partial charge in [-0.05, 0) is 55.8 Å². The predicted molar refractivity (Wildman–Crippen MR) is 86.1 cm³/mol. The third-order valence-corrected chi connectivity index (χ3v) is 3.83. The molecule has 0 bridgehead atoms. The van der Waals surface area contributed by atoms with E-state index in [0.29, 0.717) is 18.2 Å². The number of carboxylic acids is 1. The first-order valence-electron chi connectivity index (χ1n) is 7.26. The highest BCUT2D eigenvalue weighted by Crippen LogP contribution is 2.15. The molecule has 0 spiro atoms. The molecule has 1 unspecified atom stereocenters. The molecule has 0 saturated carbocycles. The molecule has 2 aromatic carbocycles. The highest BCUT2D eigenvalue weighted by atomic mass is 16.4. The van der Waals surface area contributed by atoms with Crippen LogP contribution in [0.4, 0.5) is 0 Å². The van der Waals surface area contributed by atoms with E-state index in [1.165, 1.54) is 0 Å². The minimum absolute atomic E-state index is 0.273. The number of phenolic OH excluding ortho intramolecular Hbond substituents is 1. The molecule has 2 aromatic rings. The van der Waals surface area contributed by atoms with E-state index in [1.807, 2.05) is 25.2 Å². The van der Waals surface area contributed by atoms with Gasteiger partial charge in [0.25, 0.3) is 0 Å². The summed E-state index contributed by atoms with van der Waals surface area (Å²) in [5.41, 5.74) is 2.47. The summed E-state index contributed by atoms with van der Waals surface area (Å²) < 4.78 is 0. The van der Waals surface area contributed by atoms with E-state index in [1.54, 1.807) is 30.3 Å². The minimum atomic E-state index is -0.901. The molecule has 0 aliphatic carbocycles. The van der Waals surface area contributed by atoms with Crippen LogP contribution in [-0.4, -0.2) is 34.2 Å². The van der Waals surface area contributed by atoms with Crippen molar-refractivity contribution < 1.29 is 15.0 Å². The van der Waals surface area contributed by atoms with Crippen molar-refractivity contribution in [2.75, 3.05) is 7.05 Å². The molecule has 0 aliphatic heterocycles. The fourth-order valence-corrected chi connectivity index (χ4v) is 2.38. The number of hydrogen-bond donors (Lipinski definition) is 2. The van der Waals surface area contributed by atoms with Crippen LogP contribution in [0.15, 0.2) is 48.5 Å². The van der Waals surface area contributed by atoms with Crippen molar-refractivity contribution in [3.05, 3.63) is 65.2 Å². The van der Waals surface area contributed by atoms with Gasteiger partial charge >= 0.3 is 5.97 Å². The third-order valence-electron chi connectivity index (χ3n) is 3.83. The lowest BCUT2D eigenvalue weighted by Crippen LogP contribution is -2.30. The Morgan fingerprint density at radius 3 is 2.45 bits per heavy atom. The average Bonchev–Trinajstić information content (AvgIpc) is 2.49. The van der Waals surface area contributed by atoms with Crippen molar-refractivity contribution >= 4 is 5.97 Å². The number of aromatic hydroxyl groups is 1. The summed E-state index contributed by atoms with van der Waals surface area (Å²) in [4.78, 5) is 13.2. The molecule has 0 aromatic heterocycles. The van der Waals surface area contributed by atoms with Crippen LogP contribution < -0.4 is 0 Å². The maximum Gasteiger partial charge on any atom is 0.335 e. The molecule has 0 heterocycles. The standard InChI is InChI=1S/C18H21NO3/c1-13(10-14-6-8-17(20)9-7-14)19(2)12-15-4-3-5-16(11-15)18(21)22/h3-9,11,13,20H,10,12H2,1-2H3,(H,21,22). The maximum absolute atomic E-state index is 11.0. The zero-order valence-electron chi connectivity index (χ0n) is 12.9. The van der Waals surface area contributed by atoms with E-state index in [2.05, 4.69) is 11.8 Å². The van der Waals surface area contributed by atoms with Crippen LogP contribution in [0.2, 0.25) is 0 Å². The Balaban J connectivity index is 1.98. The first-order chi connectivity index (χ1) is 10.5. The van der Waals surface area contributed by atoms with Crippen molar-refractivity contribution in [3.63, 3.8) is 0 Å². The van der Waals surface area contributed by atoms with Crippen molar-refractivity contribution in [1.82, 2.24) is 4.90 Å². The summed E-state index contributed by atoms with van der Waals surface area (Å²) in [5, 5.41) is 18.3. The topological polar surface area (TPSA) is 60.8 Å². The quantitative estimate of drug-likeness (QED) is 0.860. The zero-order valence-corrected chi connectivity index (χ0v) is 12.9. The Kier molecular flexibility index (Phi) is 5.17. The first-order valence-corrected chi connectivity index (χ1v) is 7.26. The SMILES string of the molecule is CC(Cc1ccc(O)cc1)N(C)Cc1cccc(C(=O)O)c1. The van der Waals surface area contributed by atoms with E-state index >= 15 is 0 Å². The molecule has 4 nitrogen and oxygen atoms in total. The van der Waals surface area contributed by atoms with Crippen LogP contribution in [0.3, 0.4) is 0 Å². The Morgan fingerprint density at radius 2 is 1.82 bits per heavy atom. The molecule has 0 fully saturated rings. The molecular formula is C18H21NO3. The fraction of sp³-hybridized carbons (Fsp3) is 0.278. The minimum Gasteiger partial charge on any atom is -0.508 e. The molecule has 0 aliphatic rings. The van der Waals surface area contributed by atoms with Gasteiger partial charge < -0.3 is 10.2 Å². The zero-order chi connectivity index (χ0) is 16.1. The number of hydrogen-bond acceptors (Lipinski definition) is 3. The van der Waals surface area contributed by atoms with Gasteiger partial charge in [-0.15, -0.1) is 0 Å². The molecule has 2 rings (SSSR count). The number of carbonyl (C=O) groups is 1. The van der Waals surface area contributed by atoms with E-state index < -0.39 is 5.97 Å². The summed E-state index contributed by atoms with van der Waals surface area (Å²) >= 11 is 0. The van der Waals surface area contributed by atoms with Crippen LogP contribution in [-0.2, 0) is 13.0 Å². The molecule has 0 radical (unpaired) electrons. The summed E-state index contributed by atoms with van der Waals surface area (Å²) in [7, 11) is 2.03. The van der Waals surface area contributed by atoms with E-state index in [4.69, 9.17) is 5.11 Å². The molecular weight excluding hydrogens is 278 g/mol. The summed E-state index contributed by atoms with van der Waals surface area (Å²) in [6.45, 7) is 2.83. The number of likely N-dealkylation sites (N-methyl/N-ethyl adjacent to an activating group) is 1. The van der Waals surface area contributed by atoms with Gasteiger partial charge in [-0.3, -0.25) is 4.90 Å². The lowest BCUT2D eigenvalue weighted by atomic mass is 10.0. The van der Waals surface area contributed by atoms with Crippen LogP contribution in [0.5, 0.6) is 5.75 Å². The van der Waals surface area contributed by atoms with Crippen molar-refractivity contribution in [2.45, 2.75) is 25.9 Å². The second-order valence-corrected chi connectivity index (χ2v) is 5.64. The molecule has 2 N–H and O–H groups in total. The second-order valence-electron chi connectivity index (χ2n) is 5.64. The van der Waals surface area contributed by atoms with Crippen LogP contribution in [0.1, 0.15) is 28.4 Å². The lowest BCUT2D eigenvalue weighted by molar-refractivity contribution is 0.0696. The summed E-state index contributed by atoms with van der Waals surface area (Å²) in [6, 6.07) is 14.6. The summed E-state index contributed by atoms with van der Waals surface area (Å²) in [6.07, 6.45) is 0.870. The highest BCUT2D eigenvalue weighted by Gasteiger charge is 2.12. The smallest absolute Gasteiger partial charge is 0.335 e. The highest BCUT2D eigenvalue weighted by molar-refractivity contribution is 5.87. The van der Waals surface area contributed by atoms with Crippen LogP contribution >= 0.6 is 0 Å². The van der Waals surface area contributed by atoms with E-state index in [9.17, 15) is 9.90 Å². The predicted octanol–water partition coefficient (Wildman–Crippen LogP) is 3.15. The van der Waals surface area contributed by atoms with Gasteiger partial charge in [0.15, 0.2) is 0 Å². The van der Waals surface area contributed by atoms with E-state index in [0.717, 1.165) is 17.5 Å². The van der Waals surface area contributed by atoms with Crippen molar-refractivity contribution in [3.8, 4) is 5.75 Å². The van der Waals surface area contributed by atoms with Gasteiger partial charge in [0, 0.05) is 12.6 Å². The number of aromatic carboxylic acids is 1. The number of phenols is 1. The molecule has 116 valence electrons. The lowest BCUT2D eigenvalue weighted by Gasteiger charge is -2.25. The van der Waals surface area contributed by atoms with Crippen LogP contribution in [0, 0.1) is 0 Å². The third kappa shape index (κ3) is 4.33. The van der Waals surface area contributed by atoms with Gasteiger partial charge in [-0.25, -0.2) is 4.79 Å². The normalized spacial score (nSPS) is 12.3. The monoisotopic (exact) mass is 299 g/mol. The average molecular weight is 299 g/mol. The van der Waals surface area contributed by atoms with Gasteiger partial charge in [-0.2, -0.15) is 0 Å². The number of nitrogens with zero attached hydrogens (tertiary/aromatic N) is 1. The van der Waals surface area contributed by atoms with Crippen LogP contribution in [0.25, 0.3) is 0 Å². The number of rotatable bonds is 6. The van der Waals surface area contributed by atoms with Crippen molar-refractivity contribution in [2.24, 2.45) is 0 Å². The van der Waals surface area contributed by atoms with Crippen molar-refractivity contribution in [1.29, 1.82) is 0 Å². The maximum atomic E-state index is 11.0. The molecule has 0 saturated heterocycles. The first kappa shape index (κ1) is 16.0.